The van der Waals surface area contributed by atoms with Crippen LogP contribution >= 0.6 is 11.8 Å². The Bertz CT molecular complexity index is 949. The molecule has 4 rings (SSSR count). The van der Waals surface area contributed by atoms with Crippen LogP contribution in [0.4, 0.5) is 13.2 Å². The molecule has 2 aromatic heterocycles. The van der Waals surface area contributed by atoms with Crippen LogP contribution in [0.3, 0.4) is 0 Å². The molecule has 2 heterocycles. The number of hydrogen-bond acceptors (Lipinski definition) is 5. The lowest BCUT2D eigenvalue weighted by Crippen LogP contribution is -2.12. The highest BCUT2D eigenvalue weighted by molar-refractivity contribution is 7.99. The van der Waals surface area contributed by atoms with Crippen LogP contribution < -0.4 is 0 Å². The van der Waals surface area contributed by atoms with E-state index in [2.05, 4.69) is 15.2 Å². The van der Waals surface area contributed by atoms with Gasteiger partial charge in [-0.2, -0.15) is 13.2 Å². The quantitative estimate of drug-likeness (QED) is 0.530. The first-order chi connectivity index (χ1) is 11.5. The number of aromatic nitrogens is 4. The third-order valence-corrected chi connectivity index (χ3v) is 5.04. The molecule has 0 unspecified atom stereocenters. The van der Waals surface area contributed by atoms with Gasteiger partial charge < -0.3 is 0 Å². The summed E-state index contributed by atoms with van der Waals surface area (Å²) in [6.07, 6.45) is -1.79. The van der Waals surface area contributed by atoms with E-state index in [-0.39, 0.29) is 16.7 Å². The van der Waals surface area contributed by atoms with Crippen molar-refractivity contribution in [2.75, 3.05) is 5.75 Å². The number of nitrogens with zero attached hydrogens (tertiary/aromatic N) is 4. The fourth-order valence-corrected chi connectivity index (χ4v) is 3.61. The monoisotopic (exact) mass is 352 g/mol. The molecule has 1 aliphatic rings. The maximum atomic E-state index is 13.3. The number of alkyl halides is 3. The van der Waals surface area contributed by atoms with Crippen molar-refractivity contribution in [2.45, 2.75) is 24.0 Å². The molecular weight excluding hydrogens is 341 g/mol. The summed E-state index contributed by atoms with van der Waals surface area (Å²) in [4.78, 5) is 15.4. The van der Waals surface area contributed by atoms with Gasteiger partial charge in [-0.25, -0.2) is 4.98 Å². The molecule has 5 nitrogen and oxygen atoms in total. The summed E-state index contributed by atoms with van der Waals surface area (Å²) in [5.74, 6) is 0.283. The van der Waals surface area contributed by atoms with E-state index in [0.29, 0.717) is 22.7 Å². The Balaban J connectivity index is 1.99. The summed E-state index contributed by atoms with van der Waals surface area (Å²) in [7, 11) is 0. The lowest BCUT2D eigenvalue weighted by atomic mass is 10.2. The number of carbonyl (C=O) groups excluding carboxylic acids is 1. The average molecular weight is 352 g/mol. The molecule has 1 aromatic carbocycles. The summed E-state index contributed by atoms with van der Waals surface area (Å²) in [6, 6.07) is 4.44. The zero-order chi connectivity index (χ0) is 16.9. The van der Waals surface area contributed by atoms with E-state index in [0.717, 1.165) is 23.0 Å². The van der Waals surface area contributed by atoms with Crippen molar-refractivity contribution in [1.82, 2.24) is 19.6 Å². The Hall–Kier alpha value is -2.16. The Morgan fingerprint density at radius 1 is 1.29 bits per heavy atom. The van der Waals surface area contributed by atoms with Crippen LogP contribution in [0.25, 0.3) is 16.7 Å². The van der Waals surface area contributed by atoms with Crippen molar-refractivity contribution in [3.8, 4) is 0 Å². The third-order valence-electron chi connectivity index (χ3n) is 3.86. The van der Waals surface area contributed by atoms with E-state index >= 15 is 0 Å². The maximum absolute atomic E-state index is 13.3. The topological polar surface area (TPSA) is 60.2 Å². The molecule has 1 fully saturated rings. The van der Waals surface area contributed by atoms with E-state index in [1.807, 2.05) is 0 Å². The van der Waals surface area contributed by atoms with Crippen LogP contribution in [-0.2, 0) is 6.18 Å². The number of halogens is 3. The van der Waals surface area contributed by atoms with Crippen LogP contribution in [0, 0.1) is 5.92 Å². The lowest BCUT2D eigenvalue weighted by Gasteiger charge is -2.10. The zero-order valence-corrected chi connectivity index (χ0v) is 13.1. The van der Waals surface area contributed by atoms with Crippen molar-refractivity contribution < 1.29 is 18.0 Å². The number of carbonyl (C=O) groups is 1. The highest BCUT2D eigenvalue weighted by atomic mass is 32.2. The number of hydrogen-bond donors (Lipinski definition) is 0. The Morgan fingerprint density at radius 2 is 2.08 bits per heavy atom. The van der Waals surface area contributed by atoms with Gasteiger partial charge in [-0.1, -0.05) is 0 Å². The van der Waals surface area contributed by atoms with Crippen LogP contribution in [0.1, 0.15) is 29.0 Å². The number of fused-ring (bicyclic) bond motifs is 3. The van der Waals surface area contributed by atoms with Gasteiger partial charge in [0.15, 0.2) is 5.65 Å². The fourth-order valence-electron chi connectivity index (χ4n) is 2.46. The summed E-state index contributed by atoms with van der Waals surface area (Å²) in [5, 5.41) is 7.46. The van der Waals surface area contributed by atoms with E-state index < -0.39 is 12.0 Å². The molecule has 0 bridgehead atoms. The second kappa shape index (κ2) is 5.44. The van der Waals surface area contributed by atoms with Crippen LogP contribution in [0.2, 0.25) is 0 Å². The van der Waals surface area contributed by atoms with Gasteiger partial charge in [0, 0.05) is 11.3 Å². The minimum atomic E-state index is -4.65. The van der Waals surface area contributed by atoms with Crippen molar-refractivity contribution in [1.29, 1.82) is 0 Å². The number of thioether (sulfide) groups is 1. The van der Waals surface area contributed by atoms with Crippen LogP contribution in [0.15, 0.2) is 23.2 Å². The van der Waals surface area contributed by atoms with Gasteiger partial charge in [-0.15, -0.1) is 22.0 Å². The van der Waals surface area contributed by atoms with Gasteiger partial charge >= 0.3 is 6.18 Å². The Morgan fingerprint density at radius 3 is 2.75 bits per heavy atom. The highest BCUT2D eigenvalue weighted by Crippen LogP contribution is 2.37. The number of aldehydes is 1. The van der Waals surface area contributed by atoms with E-state index in [1.54, 1.807) is 6.07 Å². The summed E-state index contributed by atoms with van der Waals surface area (Å²) in [5.41, 5.74) is 0.883. The third kappa shape index (κ3) is 2.62. The molecule has 1 aliphatic carbocycles. The molecule has 0 amide bonds. The molecule has 0 spiro atoms. The Labute approximate surface area is 138 Å². The molecule has 3 aromatic rings. The molecule has 0 atom stereocenters. The minimum absolute atomic E-state index is 0.0727. The first-order valence-electron chi connectivity index (χ1n) is 7.31. The molecule has 9 heteroatoms. The maximum Gasteiger partial charge on any atom is 0.452 e. The first kappa shape index (κ1) is 15.4. The van der Waals surface area contributed by atoms with Gasteiger partial charge in [0.25, 0.3) is 0 Å². The van der Waals surface area contributed by atoms with E-state index in [4.69, 9.17) is 0 Å². The van der Waals surface area contributed by atoms with Crippen molar-refractivity contribution in [3.05, 3.63) is 29.6 Å². The average Bonchev–Trinajstić information content (AvgIpc) is 3.26. The lowest BCUT2D eigenvalue weighted by molar-refractivity contribution is -0.145. The molecule has 0 radical (unpaired) electrons. The number of rotatable bonds is 4. The van der Waals surface area contributed by atoms with Gasteiger partial charge in [0.05, 0.1) is 11.0 Å². The minimum Gasteiger partial charge on any atom is -0.298 e. The molecular formula is C15H11F3N4OS. The molecule has 0 saturated heterocycles. The second-order valence-electron chi connectivity index (χ2n) is 5.72. The first-order valence-corrected chi connectivity index (χ1v) is 8.30. The largest absolute Gasteiger partial charge is 0.452 e. The summed E-state index contributed by atoms with van der Waals surface area (Å²) in [6.45, 7) is 0. The number of benzene rings is 1. The Kier molecular flexibility index (Phi) is 3.48. The fraction of sp³-hybridized carbons (Fsp3) is 0.333. The second-order valence-corrected chi connectivity index (χ2v) is 6.73. The predicted molar refractivity (Wildman–Crippen MR) is 82.1 cm³/mol. The normalized spacial score (nSPS) is 15.3. The van der Waals surface area contributed by atoms with E-state index in [9.17, 15) is 18.0 Å². The van der Waals surface area contributed by atoms with Crippen LogP contribution in [-0.4, -0.2) is 31.6 Å². The van der Waals surface area contributed by atoms with Gasteiger partial charge in [0.2, 0.25) is 5.82 Å². The molecule has 24 heavy (non-hydrogen) atoms. The zero-order valence-electron chi connectivity index (χ0n) is 12.2. The molecule has 0 aliphatic heterocycles. The van der Waals surface area contributed by atoms with Gasteiger partial charge in [0.1, 0.15) is 11.3 Å². The van der Waals surface area contributed by atoms with Crippen molar-refractivity contribution >= 4 is 34.7 Å². The van der Waals surface area contributed by atoms with Gasteiger partial charge in [-0.05, 0) is 37.0 Å². The predicted octanol–water partition coefficient (Wildman–Crippen LogP) is 3.61. The molecule has 124 valence electrons. The molecule has 0 N–H and O–H groups in total. The standard InChI is InChI=1S/C15H11F3N4OS/c16-15(17,18)14-21-20-12-13(24-7-8-1-2-8)19-10-4-3-9(6-23)5-11(10)22(12)14/h3-6,8H,1-2,7H2. The summed E-state index contributed by atoms with van der Waals surface area (Å²) < 4.78 is 40.8. The SMILES string of the molecule is O=Cc1ccc2nc(SCC3CC3)c3nnc(C(F)(F)F)n3c2c1. The van der Waals surface area contributed by atoms with E-state index in [1.165, 1.54) is 23.9 Å². The smallest absolute Gasteiger partial charge is 0.298 e. The molecule has 1 saturated carbocycles. The van der Waals surface area contributed by atoms with Crippen LogP contribution in [0.5, 0.6) is 0 Å². The van der Waals surface area contributed by atoms with Gasteiger partial charge in [-0.3, -0.25) is 9.20 Å². The van der Waals surface area contributed by atoms with Crippen molar-refractivity contribution in [2.24, 2.45) is 5.92 Å². The summed E-state index contributed by atoms with van der Waals surface area (Å²) >= 11 is 1.40. The highest BCUT2D eigenvalue weighted by Gasteiger charge is 2.38. The van der Waals surface area contributed by atoms with Crippen molar-refractivity contribution in [3.63, 3.8) is 0 Å².